The van der Waals surface area contributed by atoms with Crippen LogP contribution in [0.3, 0.4) is 0 Å². The average molecular weight is 333 g/mol. The summed E-state index contributed by atoms with van der Waals surface area (Å²) in [5.74, 6) is 0.732. The Balaban J connectivity index is 1.82. The van der Waals surface area contributed by atoms with Gasteiger partial charge < -0.3 is 5.32 Å². The van der Waals surface area contributed by atoms with Crippen LogP contribution in [0.5, 0.6) is 0 Å². The lowest BCUT2D eigenvalue weighted by Gasteiger charge is -2.36. The second-order valence-electron chi connectivity index (χ2n) is 6.29. The van der Waals surface area contributed by atoms with Crippen LogP contribution >= 0.6 is 0 Å². The van der Waals surface area contributed by atoms with E-state index in [2.05, 4.69) is 25.5 Å². The maximum atomic E-state index is 12.4. The molecule has 1 aliphatic heterocycles. The molecular formula is C17H27N5O2. The minimum Gasteiger partial charge on any atom is -0.356 e. The highest BCUT2D eigenvalue weighted by molar-refractivity contribution is 5.93. The molecule has 7 heteroatoms. The SMILES string of the molecule is CCCC(=O)NCC1CCCN(C(C)C(=O)Nc2ncccn2)C1. The molecule has 1 aliphatic rings. The fraction of sp³-hybridized carbons (Fsp3) is 0.647. The lowest BCUT2D eigenvalue weighted by atomic mass is 9.96. The van der Waals surface area contributed by atoms with E-state index in [0.717, 1.165) is 32.4 Å². The summed E-state index contributed by atoms with van der Waals surface area (Å²) >= 11 is 0. The zero-order valence-electron chi connectivity index (χ0n) is 14.5. The Labute approximate surface area is 143 Å². The van der Waals surface area contributed by atoms with E-state index in [1.165, 1.54) is 0 Å². The van der Waals surface area contributed by atoms with Crippen molar-refractivity contribution in [2.24, 2.45) is 5.92 Å². The summed E-state index contributed by atoms with van der Waals surface area (Å²) < 4.78 is 0. The average Bonchev–Trinajstić information content (AvgIpc) is 2.60. The summed E-state index contributed by atoms with van der Waals surface area (Å²) in [6.45, 7) is 6.29. The molecule has 1 fully saturated rings. The molecule has 24 heavy (non-hydrogen) atoms. The van der Waals surface area contributed by atoms with Crippen molar-refractivity contribution in [1.82, 2.24) is 20.2 Å². The van der Waals surface area contributed by atoms with Crippen molar-refractivity contribution in [1.29, 1.82) is 0 Å². The first-order valence-electron chi connectivity index (χ1n) is 8.68. The highest BCUT2D eigenvalue weighted by Gasteiger charge is 2.27. The molecule has 132 valence electrons. The van der Waals surface area contributed by atoms with Crippen LogP contribution in [-0.2, 0) is 9.59 Å². The van der Waals surface area contributed by atoms with Crippen LogP contribution in [0.2, 0.25) is 0 Å². The molecule has 2 heterocycles. The molecule has 0 radical (unpaired) electrons. The lowest BCUT2D eigenvalue weighted by molar-refractivity contribution is -0.123. The van der Waals surface area contributed by atoms with Crippen LogP contribution in [0, 0.1) is 5.92 Å². The number of piperidine rings is 1. The van der Waals surface area contributed by atoms with Gasteiger partial charge in [-0.15, -0.1) is 0 Å². The van der Waals surface area contributed by atoms with Gasteiger partial charge in [0.2, 0.25) is 17.8 Å². The number of nitrogens with one attached hydrogen (secondary N) is 2. The van der Waals surface area contributed by atoms with Gasteiger partial charge in [0, 0.05) is 31.9 Å². The van der Waals surface area contributed by atoms with Gasteiger partial charge in [-0.1, -0.05) is 6.92 Å². The Morgan fingerprint density at radius 3 is 2.83 bits per heavy atom. The first-order chi connectivity index (χ1) is 11.6. The summed E-state index contributed by atoms with van der Waals surface area (Å²) in [6.07, 6.45) is 6.76. The zero-order chi connectivity index (χ0) is 17.4. The van der Waals surface area contributed by atoms with Crippen LogP contribution in [0.15, 0.2) is 18.5 Å². The second kappa shape index (κ2) is 9.32. The summed E-state index contributed by atoms with van der Waals surface area (Å²) in [4.78, 5) is 34.2. The molecule has 1 aromatic rings. The molecule has 2 unspecified atom stereocenters. The van der Waals surface area contributed by atoms with Gasteiger partial charge in [-0.2, -0.15) is 0 Å². The molecule has 0 saturated carbocycles. The molecule has 0 aliphatic carbocycles. The molecule has 0 spiro atoms. The Kier molecular flexibility index (Phi) is 7.11. The summed E-state index contributed by atoms with van der Waals surface area (Å²) in [5, 5.41) is 5.74. The third-order valence-corrected chi connectivity index (χ3v) is 4.34. The maximum absolute atomic E-state index is 12.4. The number of carbonyl (C=O) groups is 2. The van der Waals surface area contributed by atoms with E-state index >= 15 is 0 Å². The zero-order valence-corrected chi connectivity index (χ0v) is 14.5. The Morgan fingerprint density at radius 2 is 2.12 bits per heavy atom. The van der Waals surface area contributed by atoms with Gasteiger partial charge in [0.1, 0.15) is 0 Å². The molecule has 1 aromatic heterocycles. The van der Waals surface area contributed by atoms with Crippen molar-refractivity contribution >= 4 is 17.8 Å². The van der Waals surface area contributed by atoms with Crippen LogP contribution in [0.25, 0.3) is 0 Å². The van der Waals surface area contributed by atoms with E-state index in [1.807, 2.05) is 13.8 Å². The molecule has 1 saturated heterocycles. The Morgan fingerprint density at radius 1 is 1.38 bits per heavy atom. The second-order valence-corrected chi connectivity index (χ2v) is 6.29. The van der Waals surface area contributed by atoms with Crippen molar-refractivity contribution in [2.45, 2.75) is 45.6 Å². The van der Waals surface area contributed by atoms with E-state index in [0.29, 0.717) is 24.8 Å². The minimum absolute atomic E-state index is 0.100. The number of anilines is 1. The first kappa shape index (κ1) is 18.3. The number of hydrogen-bond donors (Lipinski definition) is 2. The van der Waals surface area contributed by atoms with Gasteiger partial charge in [-0.25, -0.2) is 9.97 Å². The molecule has 7 nitrogen and oxygen atoms in total. The predicted molar refractivity (Wildman–Crippen MR) is 92.3 cm³/mol. The standard InChI is InChI=1S/C17H27N5O2/c1-3-6-15(23)20-11-14-7-4-10-22(12-14)13(2)16(24)21-17-18-8-5-9-19-17/h5,8-9,13-14H,3-4,6-7,10-12H2,1-2H3,(H,20,23)(H,18,19,21,24). The van der Waals surface area contributed by atoms with Gasteiger partial charge in [0.25, 0.3) is 0 Å². The Bertz CT molecular complexity index is 537. The van der Waals surface area contributed by atoms with Gasteiger partial charge in [0.05, 0.1) is 6.04 Å². The molecule has 2 N–H and O–H groups in total. The number of amides is 2. The normalized spacial score (nSPS) is 19.5. The van der Waals surface area contributed by atoms with E-state index in [1.54, 1.807) is 18.5 Å². The fourth-order valence-electron chi connectivity index (χ4n) is 2.93. The van der Waals surface area contributed by atoms with Crippen molar-refractivity contribution in [3.8, 4) is 0 Å². The fourth-order valence-corrected chi connectivity index (χ4v) is 2.93. The third-order valence-electron chi connectivity index (χ3n) is 4.34. The number of nitrogens with zero attached hydrogens (tertiary/aromatic N) is 3. The van der Waals surface area contributed by atoms with Crippen LogP contribution < -0.4 is 10.6 Å². The number of likely N-dealkylation sites (tertiary alicyclic amines) is 1. The molecule has 2 rings (SSSR count). The summed E-state index contributed by atoms with van der Waals surface area (Å²) in [7, 11) is 0. The topological polar surface area (TPSA) is 87.2 Å². The van der Waals surface area contributed by atoms with E-state index in [-0.39, 0.29) is 17.9 Å². The van der Waals surface area contributed by atoms with Gasteiger partial charge in [-0.05, 0) is 44.7 Å². The summed E-state index contributed by atoms with van der Waals surface area (Å²) in [5.41, 5.74) is 0. The van der Waals surface area contributed by atoms with Crippen LogP contribution in [0.1, 0.15) is 39.5 Å². The third kappa shape index (κ3) is 5.56. The van der Waals surface area contributed by atoms with Crippen LogP contribution in [-0.4, -0.2) is 52.4 Å². The summed E-state index contributed by atoms with van der Waals surface area (Å²) in [6, 6.07) is 1.46. The predicted octanol–water partition coefficient (Wildman–Crippen LogP) is 1.43. The smallest absolute Gasteiger partial charge is 0.243 e. The van der Waals surface area contributed by atoms with Gasteiger partial charge in [-0.3, -0.25) is 19.8 Å². The highest BCUT2D eigenvalue weighted by Crippen LogP contribution is 2.18. The first-order valence-corrected chi connectivity index (χ1v) is 8.68. The number of carbonyl (C=O) groups excluding carboxylic acids is 2. The lowest BCUT2D eigenvalue weighted by Crippen LogP contribution is -2.49. The highest BCUT2D eigenvalue weighted by atomic mass is 16.2. The molecule has 2 amide bonds. The number of rotatable bonds is 7. The van der Waals surface area contributed by atoms with E-state index in [4.69, 9.17) is 0 Å². The van der Waals surface area contributed by atoms with Crippen molar-refractivity contribution in [3.63, 3.8) is 0 Å². The number of hydrogen-bond acceptors (Lipinski definition) is 5. The van der Waals surface area contributed by atoms with Crippen molar-refractivity contribution in [3.05, 3.63) is 18.5 Å². The molecule has 2 atom stereocenters. The monoisotopic (exact) mass is 333 g/mol. The van der Waals surface area contributed by atoms with E-state index in [9.17, 15) is 9.59 Å². The maximum Gasteiger partial charge on any atom is 0.243 e. The van der Waals surface area contributed by atoms with Crippen molar-refractivity contribution < 1.29 is 9.59 Å². The van der Waals surface area contributed by atoms with Gasteiger partial charge >= 0.3 is 0 Å². The van der Waals surface area contributed by atoms with Crippen LogP contribution in [0.4, 0.5) is 5.95 Å². The molecular weight excluding hydrogens is 306 g/mol. The van der Waals surface area contributed by atoms with Gasteiger partial charge in [0.15, 0.2) is 0 Å². The Hall–Kier alpha value is -2.02. The number of aromatic nitrogens is 2. The van der Waals surface area contributed by atoms with Crippen molar-refractivity contribution in [2.75, 3.05) is 25.0 Å². The quantitative estimate of drug-likeness (QED) is 0.788. The largest absolute Gasteiger partial charge is 0.356 e. The molecule has 0 bridgehead atoms. The molecule has 0 aromatic carbocycles. The van der Waals surface area contributed by atoms with E-state index < -0.39 is 0 Å². The minimum atomic E-state index is -0.247.